The van der Waals surface area contributed by atoms with E-state index in [2.05, 4.69) is 55.4 Å². The molecule has 1 aromatic rings. The Labute approximate surface area is 87.1 Å². The monoisotopic (exact) mass is 360 g/mol. The third-order valence-corrected chi connectivity index (χ3v) is 2.61. The SMILES string of the molecule is ICc1ccc(CI)nn1. The third kappa shape index (κ3) is 2.30. The lowest BCUT2D eigenvalue weighted by Crippen LogP contribution is -1.92. The number of nitrogens with zero attached hydrogens (tertiary/aromatic N) is 2. The van der Waals surface area contributed by atoms with Crippen molar-refractivity contribution in [2.24, 2.45) is 0 Å². The van der Waals surface area contributed by atoms with Gasteiger partial charge in [-0.25, -0.2) is 0 Å². The van der Waals surface area contributed by atoms with Gasteiger partial charge in [-0.05, 0) is 12.1 Å². The van der Waals surface area contributed by atoms with Crippen LogP contribution < -0.4 is 0 Å². The molecule has 4 heteroatoms. The van der Waals surface area contributed by atoms with Gasteiger partial charge in [0.1, 0.15) is 0 Å². The Kier molecular flexibility index (Phi) is 3.82. The fourth-order valence-corrected chi connectivity index (χ4v) is 1.34. The summed E-state index contributed by atoms with van der Waals surface area (Å²) in [6.07, 6.45) is 0. The molecule has 10 heavy (non-hydrogen) atoms. The van der Waals surface area contributed by atoms with Gasteiger partial charge in [0, 0.05) is 8.86 Å². The van der Waals surface area contributed by atoms with Gasteiger partial charge in [-0.3, -0.25) is 0 Å². The maximum absolute atomic E-state index is 4.01. The fraction of sp³-hybridized carbons (Fsp3) is 0.333. The van der Waals surface area contributed by atoms with Crippen LogP contribution in [0, 0.1) is 0 Å². The van der Waals surface area contributed by atoms with E-state index in [-0.39, 0.29) is 0 Å². The summed E-state index contributed by atoms with van der Waals surface area (Å²) >= 11 is 4.55. The predicted molar refractivity (Wildman–Crippen MR) is 57.5 cm³/mol. The number of alkyl halides is 2. The lowest BCUT2D eigenvalue weighted by Gasteiger charge is -1.93. The average Bonchev–Trinajstić information content (AvgIpc) is 2.05. The van der Waals surface area contributed by atoms with Gasteiger partial charge in [0.25, 0.3) is 0 Å². The molecule has 0 aromatic carbocycles. The standard InChI is InChI=1S/C6H6I2N2/c7-3-5-1-2-6(4-8)10-9-5/h1-2H,3-4H2. The number of rotatable bonds is 2. The van der Waals surface area contributed by atoms with E-state index in [4.69, 9.17) is 0 Å². The summed E-state index contributed by atoms with van der Waals surface area (Å²) in [7, 11) is 0. The van der Waals surface area contributed by atoms with Crippen LogP contribution in [0.4, 0.5) is 0 Å². The first-order chi connectivity index (χ1) is 4.86. The second-order valence-electron chi connectivity index (χ2n) is 1.78. The van der Waals surface area contributed by atoms with Crippen molar-refractivity contribution in [2.75, 3.05) is 0 Å². The zero-order valence-corrected chi connectivity index (χ0v) is 9.53. The summed E-state index contributed by atoms with van der Waals surface area (Å²) in [6.45, 7) is 0. The van der Waals surface area contributed by atoms with Crippen LogP contribution in [0.25, 0.3) is 0 Å². The summed E-state index contributed by atoms with van der Waals surface area (Å²) in [5.41, 5.74) is 2.10. The van der Waals surface area contributed by atoms with Crippen molar-refractivity contribution in [3.8, 4) is 0 Å². The lowest BCUT2D eigenvalue weighted by molar-refractivity contribution is 0.936. The second-order valence-corrected chi connectivity index (χ2v) is 3.31. The highest BCUT2D eigenvalue weighted by Gasteiger charge is 1.92. The molecule has 0 amide bonds. The Balaban J connectivity index is 2.80. The van der Waals surface area contributed by atoms with E-state index in [1.807, 2.05) is 12.1 Å². The van der Waals surface area contributed by atoms with Crippen molar-refractivity contribution >= 4 is 45.2 Å². The molecule has 0 unspecified atom stereocenters. The van der Waals surface area contributed by atoms with Crippen molar-refractivity contribution in [3.63, 3.8) is 0 Å². The maximum atomic E-state index is 4.01. The van der Waals surface area contributed by atoms with Crippen LogP contribution in [-0.2, 0) is 8.86 Å². The number of hydrogen-bond donors (Lipinski definition) is 0. The first-order valence-corrected chi connectivity index (χ1v) is 5.85. The van der Waals surface area contributed by atoms with Crippen molar-refractivity contribution in [1.29, 1.82) is 0 Å². The average molecular weight is 360 g/mol. The highest BCUT2D eigenvalue weighted by molar-refractivity contribution is 14.1. The molecular formula is C6H6I2N2. The van der Waals surface area contributed by atoms with Crippen molar-refractivity contribution in [1.82, 2.24) is 10.2 Å². The predicted octanol–water partition coefficient (Wildman–Crippen LogP) is 2.35. The van der Waals surface area contributed by atoms with Crippen LogP contribution >= 0.6 is 45.2 Å². The lowest BCUT2D eigenvalue weighted by atomic mass is 10.4. The highest BCUT2D eigenvalue weighted by atomic mass is 127. The number of hydrogen-bond acceptors (Lipinski definition) is 2. The van der Waals surface area contributed by atoms with E-state index < -0.39 is 0 Å². The molecule has 1 heterocycles. The zero-order valence-electron chi connectivity index (χ0n) is 5.22. The van der Waals surface area contributed by atoms with Crippen LogP contribution in [0.15, 0.2) is 12.1 Å². The van der Waals surface area contributed by atoms with Crippen LogP contribution in [0.3, 0.4) is 0 Å². The number of aromatic nitrogens is 2. The van der Waals surface area contributed by atoms with E-state index in [9.17, 15) is 0 Å². The Hall–Kier alpha value is 0.540. The smallest absolute Gasteiger partial charge is 0.0728 e. The van der Waals surface area contributed by atoms with E-state index >= 15 is 0 Å². The normalized spacial score (nSPS) is 9.80. The molecule has 0 aliphatic rings. The summed E-state index contributed by atoms with van der Waals surface area (Å²) < 4.78 is 1.87. The van der Waals surface area contributed by atoms with Gasteiger partial charge in [-0.2, -0.15) is 10.2 Å². The molecular weight excluding hydrogens is 354 g/mol. The quantitative estimate of drug-likeness (QED) is 0.598. The molecule has 0 fully saturated rings. The van der Waals surface area contributed by atoms with Gasteiger partial charge in [0.15, 0.2) is 0 Å². The molecule has 0 aliphatic carbocycles. The van der Waals surface area contributed by atoms with Gasteiger partial charge in [-0.15, -0.1) is 0 Å². The summed E-state index contributed by atoms with van der Waals surface area (Å²) in [5.74, 6) is 0. The van der Waals surface area contributed by atoms with Crippen molar-refractivity contribution in [2.45, 2.75) is 8.86 Å². The molecule has 0 radical (unpaired) electrons. The van der Waals surface area contributed by atoms with Gasteiger partial charge in [0.2, 0.25) is 0 Å². The van der Waals surface area contributed by atoms with E-state index in [1.54, 1.807) is 0 Å². The topological polar surface area (TPSA) is 25.8 Å². The molecule has 1 aromatic heterocycles. The van der Waals surface area contributed by atoms with E-state index in [1.165, 1.54) is 0 Å². The highest BCUT2D eigenvalue weighted by Crippen LogP contribution is 2.04. The Bertz CT molecular complexity index is 174. The Morgan fingerprint density at radius 2 is 1.40 bits per heavy atom. The van der Waals surface area contributed by atoms with Crippen LogP contribution in [0.2, 0.25) is 0 Å². The molecule has 0 N–H and O–H groups in total. The molecule has 0 bridgehead atoms. The number of halogens is 2. The zero-order chi connectivity index (χ0) is 7.40. The summed E-state index contributed by atoms with van der Waals surface area (Å²) in [5, 5.41) is 8.01. The molecule has 1 rings (SSSR count). The van der Waals surface area contributed by atoms with Crippen LogP contribution in [-0.4, -0.2) is 10.2 Å². The first kappa shape index (κ1) is 8.63. The summed E-state index contributed by atoms with van der Waals surface area (Å²) in [4.78, 5) is 0. The molecule has 2 nitrogen and oxygen atoms in total. The van der Waals surface area contributed by atoms with Crippen molar-refractivity contribution in [3.05, 3.63) is 23.5 Å². The first-order valence-electron chi connectivity index (χ1n) is 2.80. The van der Waals surface area contributed by atoms with Crippen LogP contribution in [0.1, 0.15) is 11.4 Å². The minimum Gasteiger partial charge on any atom is -0.155 e. The molecule has 0 saturated carbocycles. The van der Waals surface area contributed by atoms with Gasteiger partial charge < -0.3 is 0 Å². The largest absolute Gasteiger partial charge is 0.155 e. The Morgan fingerprint density at radius 3 is 1.60 bits per heavy atom. The minimum atomic E-state index is 0.937. The van der Waals surface area contributed by atoms with Crippen LogP contribution in [0.5, 0.6) is 0 Å². The molecule has 54 valence electrons. The fourth-order valence-electron chi connectivity index (χ4n) is 0.530. The summed E-state index contributed by atoms with van der Waals surface area (Å²) in [6, 6.07) is 4.04. The van der Waals surface area contributed by atoms with E-state index in [0.29, 0.717) is 0 Å². The third-order valence-electron chi connectivity index (χ3n) is 1.05. The second kappa shape index (κ2) is 4.42. The molecule has 0 atom stereocenters. The van der Waals surface area contributed by atoms with Gasteiger partial charge >= 0.3 is 0 Å². The van der Waals surface area contributed by atoms with Crippen molar-refractivity contribution < 1.29 is 0 Å². The molecule has 0 saturated heterocycles. The minimum absolute atomic E-state index is 0.937. The van der Waals surface area contributed by atoms with Gasteiger partial charge in [0.05, 0.1) is 11.4 Å². The van der Waals surface area contributed by atoms with E-state index in [0.717, 1.165) is 20.2 Å². The Morgan fingerprint density at radius 1 is 1.00 bits per heavy atom. The maximum Gasteiger partial charge on any atom is 0.0728 e. The van der Waals surface area contributed by atoms with Gasteiger partial charge in [-0.1, -0.05) is 45.2 Å². The molecule has 0 spiro atoms. The molecule has 0 aliphatic heterocycles.